The van der Waals surface area contributed by atoms with Crippen LogP contribution in [0.25, 0.3) is 10.9 Å². The van der Waals surface area contributed by atoms with Crippen molar-refractivity contribution in [3.05, 3.63) is 45.8 Å². The van der Waals surface area contributed by atoms with E-state index in [1.165, 1.54) is 6.07 Å². The van der Waals surface area contributed by atoms with Crippen molar-refractivity contribution >= 4 is 16.8 Å². The van der Waals surface area contributed by atoms with Crippen LogP contribution in [-0.2, 0) is 11.2 Å². The van der Waals surface area contributed by atoms with E-state index in [4.69, 9.17) is 5.26 Å². The molecule has 3 unspecified atom stereocenters. The molecule has 0 aliphatic carbocycles. The van der Waals surface area contributed by atoms with E-state index in [0.717, 1.165) is 12.1 Å². The summed E-state index contributed by atoms with van der Waals surface area (Å²) in [6, 6.07) is 4.86. The average Bonchev–Trinajstić information content (AvgIpc) is 2.64. The summed E-state index contributed by atoms with van der Waals surface area (Å²) in [6.07, 6.45) is -0.185. The molecule has 1 saturated heterocycles. The number of rotatable bonds is 4. The van der Waals surface area contributed by atoms with Crippen LogP contribution >= 0.6 is 0 Å². The summed E-state index contributed by atoms with van der Waals surface area (Å²) < 4.78 is 26.7. The molecule has 1 aliphatic heterocycles. The molecule has 0 saturated carbocycles. The van der Waals surface area contributed by atoms with Crippen molar-refractivity contribution in [1.29, 1.82) is 5.26 Å². The second-order valence-electron chi connectivity index (χ2n) is 6.61. The average molecular weight is 375 g/mol. The maximum Gasteiger partial charge on any atom is 0.252 e. The van der Waals surface area contributed by atoms with Crippen molar-refractivity contribution in [2.45, 2.75) is 31.5 Å². The fraction of sp³-hybridized carbons (Fsp3) is 0.389. The molecular formula is C18H19F2N5O2. The zero-order chi connectivity index (χ0) is 19.6. The van der Waals surface area contributed by atoms with Gasteiger partial charge in [-0.15, -0.1) is 0 Å². The minimum absolute atomic E-state index is 0.0505. The molecule has 1 aromatic carbocycles. The van der Waals surface area contributed by atoms with Crippen LogP contribution in [0.3, 0.4) is 0 Å². The number of amides is 1. The van der Waals surface area contributed by atoms with Crippen molar-refractivity contribution in [3.63, 3.8) is 0 Å². The van der Waals surface area contributed by atoms with Crippen LogP contribution < -0.4 is 21.5 Å². The number of piperazine rings is 1. The highest BCUT2D eigenvalue weighted by atomic mass is 19.2. The Morgan fingerprint density at radius 1 is 1.30 bits per heavy atom. The van der Waals surface area contributed by atoms with E-state index < -0.39 is 17.2 Å². The van der Waals surface area contributed by atoms with Crippen molar-refractivity contribution < 1.29 is 13.6 Å². The first-order valence-corrected chi connectivity index (χ1v) is 8.54. The monoisotopic (exact) mass is 375 g/mol. The Bertz CT molecular complexity index is 961. The zero-order valence-electron chi connectivity index (χ0n) is 14.6. The van der Waals surface area contributed by atoms with Crippen molar-refractivity contribution in [1.82, 2.24) is 20.9 Å². The molecule has 27 heavy (non-hydrogen) atoms. The van der Waals surface area contributed by atoms with Crippen LogP contribution in [0.15, 0.2) is 23.0 Å². The van der Waals surface area contributed by atoms with Crippen LogP contribution in [0.5, 0.6) is 0 Å². The van der Waals surface area contributed by atoms with E-state index in [1.54, 1.807) is 0 Å². The van der Waals surface area contributed by atoms with Gasteiger partial charge < -0.3 is 15.6 Å². The molecule has 3 atom stereocenters. The molecule has 1 fully saturated rings. The lowest BCUT2D eigenvalue weighted by Crippen LogP contribution is -2.61. The van der Waals surface area contributed by atoms with Gasteiger partial charge in [0.15, 0.2) is 11.6 Å². The molecular weight excluding hydrogens is 356 g/mol. The number of halogens is 2. The quantitative estimate of drug-likeness (QED) is 0.615. The first kappa shape index (κ1) is 18.9. The summed E-state index contributed by atoms with van der Waals surface area (Å²) >= 11 is 0. The van der Waals surface area contributed by atoms with Crippen LogP contribution in [0.1, 0.15) is 12.5 Å². The molecule has 0 spiro atoms. The van der Waals surface area contributed by atoms with Crippen LogP contribution in [0, 0.1) is 23.0 Å². The fourth-order valence-electron chi connectivity index (χ4n) is 3.08. The molecule has 3 rings (SSSR count). The number of aromatic nitrogens is 1. The molecule has 0 bridgehead atoms. The summed E-state index contributed by atoms with van der Waals surface area (Å²) in [5.41, 5.74) is -0.191. The van der Waals surface area contributed by atoms with E-state index in [9.17, 15) is 18.4 Å². The Labute approximate surface area is 153 Å². The second-order valence-corrected chi connectivity index (χ2v) is 6.61. The number of hydrogen-bond donors (Lipinski definition) is 4. The van der Waals surface area contributed by atoms with Crippen LogP contribution in [0.2, 0.25) is 0 Å². The van der Waals surface area contributed by atoms with E-state index in [1.807, 2.05) is 6.92 Å². The summed E-state index contributed by atoms with van der Waals surface area (Å²) in [5, 5.41) is 18.2. The molecule has 4 N–H and O–H groups in total. The Balaban J connectivity index is 1.67. The minimum atomic E-state index is -1.05. The largest absolute Gasteiger partial charge is 0.352 e. The highest BCUT2D eigenvalue weighted by molar-refractivity contribution is 5.83. The van der Waals surface area contributed by atoms with Gasteiger partial charge in [-0.2, -0.15) is 5.26 Å². The van der Waals surface area contributed by atoms with E-state index in [-0.39, 0.29) is 41.5 Å². The van der Waals surface area contributed by atoms with Gasteiger partial charge in [0.2, 0.25) is 5.91 Å². The lowest BCUT2D eigenvalue weighted by atomic mass is 10.1. The van der Waals surface area contributed by atoms with Gasteiger partial charge in [-0.3, -0.25) is 14.9 Å². The molecule has 2 aromatic rings. The lowest BCUT2D eigenvalue weighted by Gasteiger charge is -2.32. The molecule has 9 heteroatoms. The SMILES string of the molecule is CC(NC(=O)Cc1cc2cc(F)c(F)cc2[nH]c1=O)C1CNC(C#N)CN1. The first-order chi connectivity index (χ1) is 12.9. The van der Waals surface area contributed by atoms with Gasteiger partial charge in [-0.05, 0) is 19.1 Å². The Hall–Kier alpha value is -2.83. The number of nitrogens with zero attached hydrogens (tertiary/aromatic N) is 1. The number of nitrogens with one attached hydrogen (secondary N) is 4. The number of carbonyl (C=O) groups is 1. The van der Waals surface area contributed by atoms with Crippen LogP contribution in [0.4, 0.5) is 8.78 Å². The standard InChI is InChI=1S/C18H19F2N5O2/c1-9(16-8-22-12(6-21)7-23-16)24-17(26)4-11-2-10-3-13(19)14(20)5-15(10)25-18(11)27/h2-3,5,9,12,16,22-23H,4,7-8H2,1H3,(H,24,26)(H,25,27). The molecule has 1 aromatic heterocycles. The van der Waals surface area contributed by atoms with Gasteiger partial charge in [0, 0.05) is 42.2 Å². The molecule has 1 amide bonds. The maximum absolute atomic E-state index is 13.4. The summed E-state index contributed by atoms with van der Waals surface area (Å²) in [5.74, 6) is -2.44. The van der Waals surface area contributed by atoms with Gasteiger partial charge in [0.25, 0.3) is 5.56 Å². The highest BCUT2D eigenvalue weighted by Crippen LogP contribution is 2.16. The number of aromatic amines is 1. The molecule has 2 heterocycles. The highest BCUT2D eigenvalue weighted by Gasteiger charge is 2.25. The number of H-pyrrole nitrogens is 1. The maximum atomic E-state index is 13.4. The van der Waals surface area contributed by atoms with E-state index in [2.05, 4.69) is 27.0 Å². The predicted molar refractivity (Wildman–Crippen MR) is 95.0 cm³/mol. The summed E-state index contributed by atoms with van der Waals surface area (Å²) in [4.78, 5) is 26.9. The van der Waals surface area contributed by atoms with Crippen molar-refractivity contribution in [2.24, 2.45) is 0 Å². The van der Waals surface area contributed by atoms with Crippen LogP contribution in [-0.4, -0.2) is 42.1 Å². The zero-order valence-corrected chi connectivity index (χ0v) is 14.6. The molecule has 7 nitrogen and oxygen atoms in total. The predicted octanol–water partition coefficient (Wildman–Crippen LogP) is 0.307. The van der Waals surface area contributed by atoms with Gasteiger partial charge in [0.1, 0.15) is 6.04 Å². The number of nitriles is 1. The topological polar surface area (TPSA) is 110 Å². The third-order valence-electron chi connectivity index (χ3n) is 4.63. The Kier molecular flexibility index (Phi) is 5.48. The third kappa shape index (κ3) is 4.30. The normalized spacial score (nSPS) is 20.8. The van der Waals surface area contributed by atoms with Crippen molar-refractivity contribution in [3.8, 4) is 6.07 Å². The lowest BCUT2D eigenvalue weighted by molar-refractivity contribution is -0.121. The molecule has 0 radical (unpaired) electrons. The number of benzene rings is 1. The van der Waals surface area contributed by atoms with Gasteiger partial charge in [-0.1, -0.05) is 0 Å². The third-order valence-corrected chi connectivity index (χ3v) is 4.63. The smallest absolute Gasteiger partial charge is 0.252 e. The second kappa shape index (κ2) is 7.82. The Morgan fingerprint density at radius 3 is 2.70 bits per heavy atom. The Morgan fingerprint density at radius 2 is 2.04 bits per heavy atom. The molecule has 142 valence electrons. The minimum Gasteiger partial charge on any atom is -0.352 e. The number of fused-ring (bicyclic) bond motifs is 1. The fourth-order valence-corrected chi connectivity index (χ4v) is 3.08. The van der Waals surface area contributed by atoms with Gasteiger partial charge in [-0.25, -0.2) is 8.78 Å². The van der Waals surface area contributed by atoms with E-state index >= 15 is 0 Å². The van der Waals surface area contributed by atoms with Gasteiger partial charge >= 0.3 is 0 Å². The van der Waals surface area contributed by atoms with Gasteiger partial charge in [0.05, 0.1) is 18.0 Å². The summed E-state index contributed by atoms with van der Waals surface area (Å²) in [6.45, 7) is 2.83. The number of carbonyl (C=O) groups excluding carboxylic acids is 1. The first-order valence-electron chi connectivity index (χ1n) is 8.54. The summed E-state index contributed by atoms with van der Waals surface area (Å²) in [7, 11) is 0. The van der Waals surface area contributed by atoms with E-state index in [0.29, 0.717) is 18.5 Å². The number of pyridine rings is 1. The van der Waals surface area contributed by atoms with Crippen molar-refractivity contribution in [2.75, 3.05) is 13.1 Å². The molecule has 1 aliphatic rings. The number of hydrogen-bond acceptors (Lipinski definition) is 5.